The molecule has 0 aromatic heterocycles. The summed E-state index contributed by atoms with van der Waals surface area (Å²) in [4.78, 5) is 11.4. The molecule has 0 aliphatic heterocycles. The summed E-state index contributed by atoms with van der Waals surface area (Å²) in [5.74, 6) is 0.843. The van der Waals surface area contributed by atoms with Crippen molar-refractivity contribution in [3.05, 3.63) is 0 Å². The highest BCUT2D eigenvalue weighted by Crippen LogP contribution is 2.08. The summed E-state index contributed by atoms with van der Waals surface area (Å²) in [6.07, 6.45) is 4.53. The molecule has 0 aliphatic rings. The van der Waals surface area contributed by atoms with Gasteiger partial charge in [0, 0.05) is 12.6 Å². The maximum absolute atomic E-state index is 11.4. The molecule has 0 heterocycles. The van der Waals surface area contributed by atoms with Crippen molar-refractivity contribution in [3.63, 3.8) is 0 Å². The van der Waals surface area contributed by atoms with E-state index in [0.29, 0.717) is 12.6 Å². The smallest absolute Gasteiger partial charge is 0.233 e. The van der Waals surface area contributed by atoms with Crippen LogP contribution in [0.15, 0.2) is 0 Å². The first-order chi connectivity index (χ1) is 7.60. The lowest BCUT2D eigenvalue weighted by Gasteiger charge is -2.17. The van der Waals surface area contributed by atoms with Crippen LogP contribution >= 0.6 is 0 Å². The van der Waals surface area contributed by atoms with Gasteiger partial charge in [0.25, 0.3) is 0 Å². The Bertz CT molecular complexity index is 183. The molecule has 0 saturated carbocycles. The van der Waals surface area contributed by atoms with Crippen LogP contribution in [0.5, 0.6) is 0 Å². The Hall–Kier alpha value is -0.570. The third-order valence-electron chi connectivity index (χ3n) is 2.92. The predicted molar refractivity (Wildman–Crippen MR) is 69.5 cm³/mol. The number of hydrogen-bond acceptors (Lipinski definition) is 2. The molecule has 2 unspecified atom stereocenters. The first-order valence-corrected chi connectivity index (χ1v) is 6.60. The van der Waals surface area contributed by atoms with Gasteiger partial charge >= 0.3 is 0 Å². The Kier molecular flexibility index (Phi) is 9.30. The molecule has 0 fully saturated rings. The highest BCUT2D eigenvalue weighted by atomic mass is 16.1. The molecular weight excluding hydrogens is 200 g/mol. The lowest BCUT2D eigenvalue weighted by Crippen LogP contribution is -2.38. The molecule has 0 bridgehead atoms. The maximum atomic E-state index is 11.4. The van der Waals surface area contributed by atoms with Crippen molar-refractivity contribution in [2.45, 2.75) is 59.4 Å². The summed E-state index contributed by atoms with van der Waals surface area (Å²) in [6, 6.07) is 0.423. The second kappa shape index (κ2) is 9.64. The van der Waals surface area contributed by atoms with Crippen molar-refractivity contribution < 1.29 is 4.79 Å². The topological polar surface area (TPSA) is 41.1 Å². The zero-order valence-corrected chi connectivity index (χ0v) is 11.3. The maximum Gasteiger partial charge on any atom is 0.233 e. The van der Waals surface area contributed by atoms with Gasteiger partial charge in [0.2, 0.25) is 5.91 Å². The monoisotopic (exact) mass is 228 g/mol. The van der Waals surface area contributed by atoms with E-state index in [1.807, 2.05) is 0 Å². The molecule has 0 radical (unpaired) electrons. The highest BCUT2D eigenvalue weighted by Gasteiger charge is 2.08. The first-order valence-electron chi connectivity index (χ1n) is 6.60. The Balaban J connectivity index is 3.51. The molecule has 2 atom stereocenters. The molecular formula is C13H28N2O. The molecule has 0 rings (SSSR count). The van der Waals surface area contributed by atoms with E-state index >= 15 is 0 Å². The van der Waals surface area contributed by atoms with Crippen LogP contribution in [-0.4, -0.2) is 25.0 Å². The van der Waals surface area contributed by atoms with Crippen molar-refractivity contribution in [2.75, 3.05) is 13.1 Å². The van der Waals surface area contributed by atoms with E-state index in [2.05, 4.69) is 38.3 Å². The largest absolute Gasteiger partial charge is 0.355 e. The Morgan fingerprint density at radius 3 is 2.50 bits per heavy atom. The highest BCUT2D eigenvalue weighted by molar-refractivity contribution is 5.77. The van der Waals surface area contributed by atoms with Crippen molar-refractivity contribution in [2.24, 2.45) is 5.92 Å². The van der Waals surface area contributed by atoms with E-state index in [4.69, 9.17) is 0 Å². The van der Waals surface area contributed by atoms with Gasteiger partial charge in [0.05, 0.1) is 6.54 Å². The summed E-state index contributed by atoms with van der Waals surface area (Å²) in [5.41, 5.74) is 0. The van der Waals surface area contributed by atoms with E-state index < -0.39 is 0 Å². The molecule has 3 heteroatoms. The average Bonchev–Trinajstić information content (AvgIpc) is 2.26. The van der Waals surface area contributed by atoms with Crippen molar-refractivity contribution >= 4 is 5.91 Å². The quantitative estimate of drug-likeness (QED) is 0.595. The van der Waals surface area contributed by atoms with Crippen LogP contribution in [0, 0.1) is 5.92 Å². The van der Waals surface area contributed by atoms with Crippen LogP contribution in [0.1, 0.15) is 53.4 Å². The number of carbonyl (C=O) groups excluding carboxylic acids is 1. The van der Waals surface area contributed by atoms with Crippen LogP contribution in [0.3, 0.4) is 0 Å². The van der Waals surface area contributed by atoms with Crippen LogP contribution in [-0.2, 0) is 4.79 Å². The Morgan fingerprint density at radius 2 is 1.94 bits per heavy atom. The minimum Gasteiger partial charge on any atom is -0.355 e. The van der Waals surface area contributed by atoms with Gasteiger partial charge in [-0.2, -0.15) is 0 Å². The van der Waals surface area contributed by atoms with E-state index in [1.54, 1.807) is 0 Å². The van der Waals surface area contributed by atoms with Crippen molar-refractivity contribution in [1.82, 2.24) is 10.6 Å². The molecule has 0 aliphatic carbocycles. The SMILES string of the molecule is CCCCNC(=O)CNC(C)CC(C)CC. The Morgan fingerprint density at radius 1 is 1.25 bits per heavy atom. The summed E-state index contributed by atoms with van der Waals surface area (Å²) in [5, 5.41) is 6.17. The third-order valence-corrected chi connectivity index (χ3v) is 2.92. The molecule has 16 heavy (non-hydrogen) atoms. The van der Waals surface area contributed by atoms with Gasteiger partial charge in [0.1, 0.15) is 0 Å². The fourth-order valence-corrected chi connectivity index (χ4v) is 1.59. The molecule has 96 valence electrons. The molecule has 0 aromatic rings. The third kappa shape index (κ3) is 8.72. The second-order valence-corrected chi connectivity index (χ2v) is 4.73. The normalized spacial score (nSPS) is 14.5. The fraction of sp³-hybridized carbons (Fsp3) is 0.923. The van der Waals surface area contributed by atoms with E-state index in [1.165, 1.54) is 6.42 Å². The van der Waals surface area contributed by atoms with Crippen LogP contribution in [0.25, 0.3) is 0 Å². The summed E-state index contributed by atoms with van der Waals surface area (Å²) >= 11 is 0. The van der Waals surface area contributed by atoms with Gasteiger partial charge in [-0.3, -0.25) is 4.79 Å². The van der Waals surface area contributed by atoms with E-state index in [0.717, 1.165) is 31.7 Å². The standard InChI is InChI=1S/C13H28N2O/c1-5-7-8-14-13(16)10-15-12(4)9-11(3)6-2/h11-12,15H,5-10H2,1-4H3,(H,14,16). The zero-order valence-electron chi connectivity index (χ0n) is 11.3. The number of nitrogens with one attached hydrogen (secondary N) is 2. The molecule has 2 N–H and O–H groups in total. The van der Waals surface area contributed by atoms with Crippen LogP contribution < -0.4 is 10.6 Å². The number of carbonyl (C=O) groups is 1. The van der Waals surface area contributed by atoms with Crippen molar-refractivity contribution in [1.29, 1.82) is 0 Å². The molecule has 3 nitrogen and oxygen atoms in total. The fourth-order valence-electron chi connectivity index (χ4n) is 1.59. The minimum atomic E-state index is 0.115. The van der Waals surface area contributed by atoms with Gasteiger partial charge in [-0.25, -0.2) is 0 Å². The van der Waals surface area contributed by atoms with Gasteiger partial charge in [0.15, 0.2) is 0 Å². The first kappa shape index (κ1) is 15.4. The second-order valence-electron chi connectivity index (χ2n) is 4.73. The van der Waals surface area contributed by atoms with Crippen molar-refractivity contribution in [3.8, 4) is 0 Å². The summed E-state index contributed by atoms with van der Waals surface area (Å²) < 4.78 is 0. The number of rotatable bonds is 9. The van der Waals surface area contributed by atoms with E-state index in [9.17, 15) is 4.79 Å². The van der Waals surface area contributed by atoms with Gasteiger partial charge < -0.3 is 10.6 Å². The Labute approximate surface area is 100 Å². The number of unbranched alkanes of at least 4 members (excludes halogenated alkanes) is 1. The zero-order chi connectivity index (χ0) is 12.4. The van der Waals surface area contributed by atoms with Gasteiger partial charge in [-0.15, -0.1) is 0 Å². The predicted octanol–water partition coefficient (Wildman–Crippen LogP) is 2.32. The minimum absolute atomic E-state index is 0.115. The summed E-state index contributed by atoms with van der Waals surface area (Å²) in [7, 11) is 0. The molecule has 0 saturated heterocycles. The van der Waals surface area contributed by atoms with Crippen LogP contribution in [0.2, 0.25) is 0 Å². The average molecular weight is 228 g/mol. The van der Waals surface area contributed by atoms with Crippen LogP contribution in [0.4, 0.5) is 0 Å². The summed E-state index contributed by atoms with van der Waals surface area (Å²) in [6.45, 7) is 9.97. The molecule has 1 amide bonds. The molecule has 0 aromatic carbocycles. The van der Waals surface area contributed by atoms with Gasteiger partial charge in [-0.1, -0.05) is 33.6 Å². The van der Waals surface area contributed by atoms with E-state index in [-0.39, 0.29) is 5.91 Å². The lowest BCUT2D eigenvalue weighted by molar-refractivity contribution is -0.120. The number of hydrogen-bond donors (Lipinski definition) is 2. The number of amides is 1. The molecule has 0 spiro atoms. The lowest BCUT2D eigenvalue weighted by atomic mass is 10.0. The van der Waals surface area contributed by atoms with Gasteiger partial charge in [-0.05, 0) is 25.7 Å².